The number of nitrogens with one attached hydrogen (secondary N) is 3. The zero-order valence-electron chi connectivity index (χ0n) is 32.7. The van der Waals surface area contributed by atoms with Gasteiger partial charge >= 0.3 is 17.9 Å². The van der Waals surface area contributed by atoms with Gasteiger partial charge < -0.3 is 36.2 Å². The highest BCUT2D eigenvalue weighted by Crippen LogP contribution is 2.22. The minimum atomic E-state index is -1.11. The van der Waals surface area contributed by atoms with Crippen molar-refractivity contribution < 1.29 is 44.1 Å². The van der Waals surface area contributed by atoms with Crippen LogP contribution in [0.15, 0.2) is 60.7 Å². The first kappa shape index (κ1) is 44.8. The van der Waals surface area contributed by atoms with Gasteiger partial charge in [0.2, 0.25) is 17.7 Å². The van der Waals surface area contributed by atoms with Crippen LogP contribution in [-0.2, 0) is 41.6 Å². The number of carbonyl (C=O) groups is 6. The summed E-state index contributed by atoms with van der Waals surface area (Å²) in [6, 6.07) is 13.6. The van der Waals surface area contributed by atoms with E-state index < -0.39 is 60.1 Å². The molecule has 0 spiro atoms. The third-order valence-corrected chi connectivity index (χ3v) is 11.0. The van der Waals surface area contributed by atoms with Gasteiger partial charge in [-0.3, -0.25) is 29.8 Å². The van der Waals surface area contributed by atoms with E-state index in [2.05, 4.69) is 16.0 Å². The zero-order chi connectivity index (χ0) is 41.2. The fourth-order valence-corrected chi connectivity index (χ4v) is 7.80. The van der Waals surface area contributed by atoms with E-state index in [1.807, 2.05) is 60.7 Å². The summed E-state index contributed by atoms with van der Waals surface area (Å²) in [6.07, 6.45) is 6.21. The van der Waals surface area contributed by atoms with E-state index in [0.717, 1.165) is 11.1 Å². The lowest BCUT2D eigenvalue weighted by atomic mass is 10.0. The van der Waals surface area contributed by atoms with Crippen LogP contribution in [0.1, 0.15) is 88.2 Å². The minimum absolute atomic E-state index is 0.223. The van der Waals surface area contributed by atoms with Crippen molar-refractivity contribution in [3.05, 3.63) is 71.8 Å². The number of likely N-dealkylation sites (tertiary alicyclic amines) is 2. The zero-order valence-corrected chi connectivity index (χ0v) is 32.7. The topological polar surface area (TPSA) is 232 Å². The van der Waals surface area contributed by atoms with Gasteiger partial charge in [-0.15, -0.1) is 0 Å². The van der Waals surface area contributed by atoms with Gasteiger partial charge in [0.15, 0.2) is 0 Å². The maximum Gasteiger partial charge on any atom is 0.326 e. The average Bonchev–Trinajstić information content (AvgIpc) is 3.91. The highest BCUT2D eigenvalue weighted by Gasteiger charge is 2.39. The Morgan fingerprint density at radius 2 is 1.07 bits per heavy atom. The van der Waals surface area contributed by atoms with Gasteiger partial charge in [0.05, 0.1) is 18.1 Å². The second kappa shape index (κ2) is 23.4. The second-order valence-electron chi connectivity index (χ2n) is 15.1. The lowest BCUT2D eigenvalue weighted by Gasteiger charge is -2.30. The van der Waals surface area contributed by atoms with Crippen LogP contribution in [0.3, 0.4) is 0 Å². The molecule has 0 saturated carbocycles. The van der Waals surface area contributed by atoms with Crippen molar-refractivity contribution in [1.82, 2.24) is 25.8 Å². The summed E-state index contributed by atoms with van der Waals surface area (Å²) in [7, 11) is 0. The van der Waals surface area contributed by atoms with Crippen molar-refractivity contribution in [1.29, 1.82) is 0 Å². The first-order valence-corrected chi connectivity index (χ1v) is 20.4. The van der Waals surface area contributed by atoms with Gasteiger partial charge in [-0.2, -0.15) is 0 Å². The number of carboxylic acid groups (broad SMARTS) is 3. The molecule has 0 bridgehead atoms. The molecule has 3 amide bonds. The summed E-state index contributed by atoms with van der Waals surface area (Å²) in [5, 5.41) is 38.9. The smallest absolute Gasteiger partial charge is 0.326 e. The molecule has 2 heterocycles. The Morgan fingerprint density at radius 3 is 1.53 bits per heavy atom. The van der Waals surface area contributed by atoms with Crippen LogP contribution in [0, 0.1) is 0 Å². The Hall–Kier alpha value is -4.86. The molecule has 6 atom stereocenters. The summed E-state index contributed by atoms with van der Waals surface area (Å²) < 4.78 is 0. The number of hydrogen-bond donors (Lipinski definition) is 7. The largest absolute Gasteiger partial charge is 0.480 e. The molecule has 15 heteroatoms. The van der Waals surface area contributed by atoms with Gasteiger partial charge in [0.25, 0.3) is 0 Å². The first-order valence-electron chi connectivity index (χ1n) is 20.4. The van der Waals surface area contributed by atoms with Crippen molar-refractivity contribution in [2.45, 2.75) is 126 Å². The van der Waals surface area contributed by atoms with Crippen molar-refractivity contribution in [3.8, 4) is 0 Å². The Morgan fingerprint density at radius 1 is 0.614 bits per heavy atom. The summed E-state index contributed by atoms with van der Waals surface area (Å²) in [5.74, 6) is -4.37. The quantitative estimate of drug-likeness (QED) is 0.0720. The normalized spacial score (nSPS) is 18.8. The number of amides is 3. The molecule has 0 radical (unpaired) electrons. The highest BCUT2D eigenvalue weighted by molar-refractivity contribution is 5.89. The Kier molecular flexibility index (Phi) is 18.4. The van der Waals surface area contributed by atoms with Crippen LogP contribution in [-0.4, -0.2) is 123 Å². The van der Waals surface area contributed by atoms with Crippen molar-refractivity contribution >= 4 is 35.6 Å². The third kappa shape index (κ3) is 13.9. The molecular formula is C42H60N6O9. The lowest BCUT2D eigenvalue weighted by molar-refractivity contribution is -0.149. The molecule has 2 aliphatic rings. The molecule has 0 aliphatic carbocycles. The molecule has 4 rings (SSSR count). The van der Waals surface area contributed by atoms with Gasteiger partial charge in [-0.25, -0.2) is 9.59 Å². The van der Waals surface area contributed by atoms with Crippen LogP contribution in [0.2, 0.25) is 0 Å². The van der Waals surface area contributed by atoms with Crippen LogP contribution < -0.4 is 21.7 Å². The molecule has 2 aromatic rings. The molecular weight excluding hydrogens is 732 g/mol. The molecule has 2 fully saturated rings. The van der Waals surface area contributed by atoms with Crippen molar-refractivity contribution in [2.24, 2.45) is 5.73 Å². The second-order valence-corrected chi connectivity index (χ2v) is 15.1. The van der Waals surface area contributed by atoms with E-state index in [9.17, 15) is 44.1 Å². The fraction of sp³-hybridized carbons (Fsp3) is 0.571. The molecule has 312 valence electrons. The summed E-state index contributed by atoms with van der Waals surface area (Å²) >= 11 is 0. The highest BCUT2D eigenvalue weighted by atomic mass is 16.4. The van der Waals surface area contributed by atoms with E-state index in [4.69, 9.17) is 5.73 Å². The van der Waals surface area contributed by atoms with Crippen LogP contribution in [0.25, 0.3) is 0 Å². The van der Waals surface area contributed by atoms with Gasteiger partial charge in [-0.05, 0) is 101 Å². The maximum absolute atomic E-state index is 13.8. The van der Waals surface area contributed by atoms with Crippen LogP contribution >= 0.6 is 0 Å². The number of carboxylic acids is 3. The number of unbranched alkanes of at least 4 members (excludes halogenated alkanes) is 2. The maximum atomic E-state index is 13.8. The molecule has 0 aromatic heterocycles. The summed E-state index contributed by atoms with van der Waals surface area (Å²) in [4.78, 5) is 80.4. The monoisotopic (exact) mass is 792 g/mol. The molecule has 2 aromatic carbocycles. The van der Waals surface area contributed by atoms with E-state index in [-0.39, 0.29) is 37.7 Å². The molecule has 57 heavy (non-hydrogen) atoms. The number of nitrogens with two attached hydrogens (primary N) is 1. The molecule has 2 aliphatic heterocycles. The summed E-state index contributed by atoms with van der Waals surface area (Å²) in [5.41, 5.74) is 7.71. The Bertz CT molecular complexity index is 1610. The predicted molar refractivity (Wildman–Crippen MR) is 213 cm³/mol. The number of hydrogen-bond acceptors (Lipinski definition) is 9. The molecule has 0 unspecified atom stereocenters. The lowest BCUT2D eigenvalue weighted by Crippen LogP contribution is -2.56. The van der Waals surface area contributed by atoms with Crippen LogP contribution in [0.5, 0.6) is 0 Å². The van der Waals surface area contributed by atoms with E-state index in [1.165, 1.54) is 9.80 Å². The van der Waals surface area contributed by atoms with E-state index in [0.29, 0.717) is 90.1 Å². The fourth-order valence-electron chi connectivity index (χ4n) is 7.80. The molecule has 15 nitrogen and oxygen atoms in total. The summed E-state index contributed by atoms with van der Waals surface area (Å²) in [6.45, 7) is 1.28. The number of rotatable bonds is 25. The number of aryl methyl sites for hydroxylation is 2. The third-order valence-electron chi connectivity index (χ3n) is 11.0. The molecule has 2 saturated heterocycles. The predicted octanol–water partition coefficient (Wildman–Crippen LogP) is 2.56. The standard InChI is InChI=1S/C42H60N6O9/c43-25-9-7-17-32(38(50)47-27-11-19-35(47)41(54)55)45-31(23-21-29-13-3-1-4-14-29)37(49)44-26-10-8-18-33(39(51)48-28-12-20-36(48)42(56)57)46-34(40(52)53)24-22-30-15-5-2-6-16-30/h1-6,13-16,31-36,45-46H,7-12,17-28,43H2,(H,44,49)(H,52,53)(H,54,55)(H,56,57)/t31-,32-,33-,34-,35-,36-/m0/s1. The number of carbonyl (C=O) groups excluding carboxylic acids is 3. The SMILES string of the molecule is NCCCC[C@H](N[C@@H](CCc1ccccc1)C(=O)NCCCC[C@H](N[C@@H](CCc1ccccc1)C(=O)O)C(=O)N1CCC[C@H]1C(=O)O)C(=O)N1CCC[C@H]1C(=O)O. The average molecular weight is 793 g/mol. The minimum Gasteiger partial charge on any atom is -0.480 e. The van der Waals surface area contributed by atoms with Crippen molar-refractivity contribution in [3.63, 3.8) is 0 Å². The van der Waals surface area contributed by atoms with E-state index >= 15 is 0 Å². The Labute approximate surface area is 334 Å². The van der Waals surface area contributed by atoms with Gasteiger partial charge in [0.1, 0.15) is 18.1 Å². The number of nitrogens with zero attached hydrogens (tertiary/aromatic N) is 2. The van der Waals surface area contributed by atoms with E-state index in [1.54, 1.807) is 0 Å². The van der Waals surface area contributed by atoms with Crippen molar-refractivity contribution in [2.75, 3.05) is 26.2 Å². The number of benzene rings is 2. The molecule has 8 N–H and O–H groups in total. The number of aliphatic carboxylic acids is 3. The first-order chi connectivity index (χ1) is 27.5. The Balaban J connectivity index is 1.42. The van der Waals surface area contributed by atoms with Gasteiger partial charge in [0, 0.05) is 19.6 Å². The van der Waals surface area contributed by atoms with Crippen LogP contribution in [0.4, 0.5) is 0 Å². The van der Waals surface area contributed by atoms with Gasteiger partial charge in [-0.1, -0.05) is 67.1 Å².